The molecule has 0 heterocycles. The molecule has 1 amide bonds. The molecule has 0 aromatic heterocycles. The molecule has 3 nitrogen and oxygen atoms in total. The topological polar surface area (TPSA) is 38.3 Å². The quantitative estimate of drug-likeness (QED) is 0.397. The number of rotatable bonds is 5. The van der Waals surface area contributed by atoms with E-state index in [9.17, 15) is 4.79 Å². The minimum Gasteiger partial charge on any atom is -0.449 e. The van der Waals surface area contributed by atoms with Crippen molar-refractivity contribution in [2.75, 3.05) is 6.61 Å². The van der Waals surface area contributed by atoms with Gasteiger partial charge in [0.2, 0.25) is 0 Å². The van der Waals surface area contributed by atoms with E-state index in [-0.39, 0.29) is 12.0 Å². The molecule has 3 aromatic rings. The Kier molecular flexibility index (Phi) is 6.11. The van der Waals surface area contributed by atoms with Gasteiger partial charge in [0, 0.05) is 20.6 Å². The van der Waals surface area contributed by atoms with Crippen LogP contribution in [0.3, 0.4) is 0 Å². The van der Waals surface area contributed by atoms with Crippen molar-refractivity contribution in [3.63, 3.8) is 0 Å². The van der Waals surface area contributed by atoms with Crippen LogP contribution >= 0.6 is 34.2 Å². The van der Waals surface area contributed by atoms with Gasteiger partial charge in [-0.05, 0) is 82.0 Å². The van der Waals surface area contributed by atoms with Gasteiger partial charge in [-0.2, -0.15) is 0 Å². The number of halogens is 2. The Morgan fingerprint density at radius 2 is 1.69 bits per heavy atom. The molecule has 29 heavy (non-hydrogen) atoms. The van der Waals surface area contributed by atoms with E-state index in [0.29, 0.717) is 18.1 Å². The average Bonchev–Trinajstić information content (AvgIpc) is 3.03. The second-order valence-electron chi connectivity index (χ2n) is 7.31. The first-order valence-electron chi connectivity index (χ1n) is 9.58. The van der Waals surface area contributed by atoms with E-state index >= 15 is 0 Å². The summed E-state index contributed by atoms with van der Waals surface area (Å²) < 4.78 is 6.74. The molecule has 4 rings (SSSR count). The summed E-state index contributed by atoms with van der Waals surface area (Å²) in [5.74, 6) is 0.0635. The lowest BCUT2D eigenvalue weighted by Crippen LogP contribution is -2.35. The predicted octanol–water partition coefficient (Wildman–Crippen LogP) is 6.41. The number of carbonyl (C=O) groups is 1. The number of benzene rings is 3. The molecule has 0 aliphatic heterocycles. The van der Waals surface area contributed by atoms with Crippen molar-refractivity contribution in [2.24, 2.45) is 0 Å². The molecule has 0 saturated heterocycles. The molecule has 1 N–H and O–H groups in total. The van der Waals surface area contributed by atoms with Crippen LogP contribution in [0.4, 0.5) is 4.79 Å². The standard InChI is InChI=1S/C24H21ClINO2/c1-15(12-16-13-17(26)10-11-23(16)25)27-24(28)29-14-22-20-8-4-2-6-18(20)19-7-3-5-9-21(19)22/h2-11,13,15,22H,12,14H2,1H3,(H,27,28)/t15-/m0/s1. The van der Waals surface area contributed by atoms with Crippen LogP contribution in [0.2, 0.25) is 5.02 Å². The molecule has 0 fully saturated rings. The van der Waals surface area contributed by atoms with E-state index in [1.54, 1.807) is 0 Å². The number of nitrogens with one attached hydrogen (secondary N) is 1. The van der Waals surface area contributed by atoms with Crippen LogP contribution in [-0.2, 0) is 11.2 Å². The molecule has 1 atom stereocenters. The van der Waals surface area contributed by atoms with Gasteiger partial charge in [-0.25, -0.2) is 4.79 Å². The predicted molar refractivity (Wildman–Crippen MR) is 126 cm³/mol. The summed E-state index contributed by atoms with van der Waals surface area (Å²) >= 11 is 8.53. The van der Waals surface area contributed by atoms with Gasteiger partial charge in [0.25, 0.3) is 0 Å². The van der Waals surface area contributed by atoms with Gasteiger partial charge in [-0.1, -0.05) is 60.1 Å². The minimum absolute atomic E-state index is 0.0635. The molecular weight excluding hydrogens is 497 g/mol. The SMILES string of the molecule is C[C@@H](Cc1cc(I)ccc1Cl)NC(=O)OCC1c2ccccc2-c2ccccc21. The third kappa shape index (κ3) is 4.43. The van der Waals surface area contributed by atoms with Crippen molar-refractivity contribution in [3.8, 4) is 11.1 Å². The largest absolute Gasteiger partial charge is 0.449 e. The molecule has 5 heteroatoms. The van der Waals surface area contributed by atoms with Gasteiger partial charge in [0.05, 0.1) is 0 Å². The highest BCUT2D eigenvalue weighted by atomic mass is 127. The zero-order valence-electron chi connectivity index (χ0n) is 16.0. The Morgan fingerprint density at radius 3 is 2.34 bits per heavy atom. The molecule has 148 valence electrons. The number of fused-ring (bicyclic) bond motifs is 3. The number of alkyl carbamates (subject to hydrolysis) is 1. The van der Waals surface area contributed by atoms with Crippen molar-refractivity contribution in [1.29, 1.82) is 0 Å². The fourth-order valence-electron chi connectivity index (χ4n) is 3.92. The molecular formula is C24H21ClINO2. The van der Waals surface area contributed by atoms with Crippen molar-refractivity contribution in [2.45, 2.75) is 25.3 Å². The Hall–Kier alpha value is -2.05. The Bertz CT molecular complexity index is 1010. The monoisotopic (exact) mass is 517 g/mol. The van der Waals surface area contributed by atoms with Gasteiger partial charge < -0.3 is 10.1 Å². The normalized spacial score (nSPS) is 13.5. The summed E-state index contributed by atoms with van der Waals surface area (Å²) in [5, 5.41) is 3.64. The molecule has 1 aliphatic rings. The number of ether oxygens (including phenoxy) is 1. The fraction of sp³-hybridized carbons (Fsp3) is 0.208. The lowest BCUT2D eigenvalue weighted by molar-refractivity contribution is 0.139. The van der Waals surface area contributed by atoms with Crippen molar-refractivity contribution < 1.29 is 9.53 Å². The highest BCUT2D eigenvalue weighted by Crippen LogP contribution is 2.44. The van der Waals surface area contributed by atoms with Crippen LogP contribution in [0.1, 0.15) is 29.5 Å². The van der Waals surface area contributed by atoms with E-state index in [2.05, 4.69) is 52.2 Å². The number of carbonyl (C=O) groups excluding carboxylic acids is 1. The molecule has 1 aliphatic carbocycles. The van der Waals surface area contributed by atoms with E-state index < -0.39 is 6.09 Å². The molecule has 0 spiro atoms. The molecule has 0 unspecified atom stereocenters. The van der Waals surface area contributed by atoms with Crippen molar-refractivity contribution in [3.05, 3.63) is 92.0 Å². The maximum atomic E-state index is 12.4. The lowest BCUT2D eigenvalue weighted by atomic mass is 9.98. The summed E-state index contributed by atoms with van der Waals surface area (Å²) in [7, 11) is 0. The van der Waals surface area contributed by atoms with Crippen LogP contribution < -0.4 is 5.32 Å². The number of hydrogen-bond donors (Lipinski definition) is 1. The van der Waals surface area contributed by atoms with E-state index in [1.807, 2.05) is 49.4 Å². The minimum atomic E-state index is -0.402. The molecule has 0 saturated carbocycles. The van der Waals surface area contributed by atoms with Crippen LogP contribution in [0.25, 0.3) is 11.1 Å². The zero-order chi connectivity index (χ0) is 20.4. The second-order valence-corrected chi connectivity index (χ2v) is 8.96. The lowest BCUT2D eigenvalue weighted by Gasteiger charge is -2.18. The molecule has 0 radical (unpaired) electrons. The number of hydrogen-bond acceptors (Lipinski definition) is 2. The smallest absolute Gasteiger partial charge is 0.407 e. The summed E-state index contributed by atoms with van der Waals surface area (Å²) in [6.07, 6.45) is 0.251. The summed E-state index contributed by atoms with van der Waals surface area (Å²) in [6.45, 7) is 2.27. The van der Waals surface area contributed by atoms with Gasteiger partial charge in [-0.15, -0.1) is 0 Å². The summed E-state index contributed by atoms with van der Waals surface area (Å²) in [4.78, 5) is 12.4. The molecule has 0 bridgehead atoms. The highest BCUT2D eigenvalue weighted by molar-refractivity contribution is 14.1. The number of amides is 1. The fourth-order valence-corrected chi connectivity index (χ4v) is 4.67. The first-order valence-corrected chi connectivity index (χ1v) is 11.0. The van der Waals surface area contributed by atoms with Gasteiger partial charge in [0.15, 0.2) is 0 Å². The van der Waals surface area contributed by atoms with Crippen LogP contribution in [0.5, 0.6) is 0 Å². The average molecular weight is 518 g/mol. The maximum absolute atomic E-state index is 12.4. The summed E-state index contributed by atoms with van der Waals surface area (Å²) in [6, 6.07) is 22.4. The summed E-state index contributed by atoms with van der Waals surface area (Å²) in [5.41, 5.74) is 5.88. The van der Waals surface area contributed by atoms with E-state index in [1.165, 1.54) is 22.3 Å². The van der Waals surface area contributed by atoms with Crippen LogP contribution in [0, 0.1) is 3.57 Å². The van der Waals surface area contributed by atoms with Gasteiger partial charge in [0.1, 0.15) is 6.61 Å². The Labute approximate surface area is 189 Å². The zero-order valence-corrected chi connectivity index (χ0v) is 18.9. The van der Waals surface area contributed by atoms with Crippen molar-refractivity contribution >= 4 is 40.3 Å². The van der Waals surface area contributed by atoms with Gasteiger partial charge >= 0.3 is 6.09 Å². The van der Waals surface area contributed by atoms with E-state index in [4.69, 9.17) is 16.3 Å². The maximum Gasteiger partial charge on any atom is 0.407 e. The molecule has 3 aromatic carbocycles. The first-order chi connectivity index (χ1) is 14.0. The highest BCUT2D eigenvalue weighted by Gasteiger charge is 2.29. The van der Waals surface area contributed by atoms with Gasteiger partial charge in [-0.3, -0.25) is 0 Å². The van der Waals surface area contributed by atoms with Crippen molar-refractivity contribution in [1.82, 2.24) is 5.32 Å². The Balaban J connectivity index is 1.39. The third-order valence-corrected chi connectivity index (χ3v) is 6.28. The van der Waals surface area contributed by atoms with Crippen LogP contribution in [-0.4, -0.2) is 18.7 Å². The Morgan fingerprint density at radius 1 is 1.07 bits per heavy atom. The van der Waals surface area contributed by atoms with Crippen LogP contribution in [0.15, 0.2) is 66.7 Å². The van der Waals surface area contributed by atoms with E-state index in [0.717, 1.165) is 9.13 Å². The third-order valence-electron chi connectivity index (χ3n) is 5.24. The second kappa shape index (κ2) is 8.76. The first kappa shape index (κ1) is 20.2.